The molecule has 0 radical (unpaired) electrons. The third-order valence-corrected chi connectivity index (χ3v) is 4.09. The van der Waals surface area contributed by atoms with Crippen LogP contribution >= 0.6 is 0 Å². The van der Waals surface area contributed by atoms with Gasteiger partial charge in [0.1, 0.15) is 5.52 Å². The minimum atomic E-state index is 0.136. The fourth-order valence-corrected chi connectivity index (χ4v) is 2.49. The summed E-state index contributed by atoms with van der Waals surface area (Å²) in [5.74, 6) is 0.462. The number of fused-ring (bicyclic) bond motifs is 2. The first kappa shape index (κ1) is 14.4. The fourth-order valence-electron chi connectivity index (χ4n) is 2.49. The average Bonchev–Trinajstić information content (AvgIpc) is 3.10. The number of aromatic nitrogens is 6. The van der Waals surface area contributed by atoms with Crippen molar-refractivity contribution >= 4 is 22.9 Å². The highest BCUT2D eigenvalue weighted by Crippen LogP contribution is 2.27. The molecule has 0 bridgehead atoms. The van der Waals surface area contributed by atoms with Crippen molar-refractivity contribution in [2.24, 2.45) is 0 Å². The Balaban J connectivity index is 0.000000321. The Labute approximate surface area is 138 Å². The number of nitrogen functional groups attached to an aromatic ring is 2. The monoisotopic (exact) mass is 322 g/mol. The zero-order valence-electron chi connectivity index (χ0n) is 13.1. The first-order chi connectivity index (χ1) is 11.7. The van der Waals surface area contributed by atoms with Crippen LogP contribution < -0.4 is 11.5 Å². The maximum Gasteiger partial charge on any atom is 0.240 e. The first-order valence-electron chi connectivity index (χ1n) is 7.93. The molecule has 24 heavy (non-hydrogen) atoms. The van der Waals surface area contributed by atoms with Crippen LogP contribution in [0.5, 0.6) is 0 Å². The lowest BCUT2D eigenvalue weighted by molar-refractivity contribution is 0.504. The Morgan fingerprint density at radius 1 is 0.875 bits per heavy atom. The summed E-state index contributed by atoms with van der Waals surface area (Å²) in [4.78, 5) is 8.53. The summed E-state index contributed by atoms with van der Waals surface area (Å²) in [6.45, 7) is 0. The quantitative estimate of drug-likeness (QED) is 0.555. The van der Waals surface area contributed by atoms with Gasteiger partial charge in [-0.05, 0) is 12.1 Å². The number of rotatable bonds is 1. The number of nitrogens with zero attached hydrogens (tertiary/aromatic N) is 6. The van der Waals surface area contributed by atoms with Crippen LogP contribution in [0, 0.1) is 0 Å². The summed E-state index contributed by atoms with van der Waals surface area (Å²) in [5.41, 5.74) is 14.6. The Hall–Kier alpha value is -3.16. The van der Waals surface area contributed by atoms with Gasteiger partial charge >= 0.3 is 0 Å². The molecule has 0 saturated heterocycles. The highest BCUT2D eigenvalue weighted by molar-refractivity contribution is 5.86. The first-order valence-corrected chi connectivity index (χ1v) is 7.93. The maximum absolute atomic E-state index is 5.94. The molecule has 0 unspecified atom stereocenters. The van der Waals surface area contributed by atoms with Gasteiger partial charge in [-0.3, -0.25) is 0 Å². The van der Waals surface area contributed by atoms with E-state index in [2.05, 4.69) is 20.2 Å². The van der Waals surface area contributed by atoms with E-state index in [1.807, 2.05) is 24.4 Å². The minimum Gasteiger partial charge on any atom is -0.382 e. The SMILES string of the molecule is C1CCC1.Nc1nc(N)c2c(-c3ccn4nccc4n3)ccn2n1. The fraction of sp³-hybridized carbons (Fsp3) is 0.250. The molecule has 1 aliphatic rings. The molecule has 8 heteroatoms. The molecule has 0 amide bonds. The molecule has 8 nitrogen and oxygen atoms in total. The largest absolute Gasteiger partial charge is 0.382 e. The van der Waals surface area contributed by atoms with Crippen LogP contribution in [0.3, 0.4) is 0 Å². The summed E-state index contributed by atoms with van der Waals surface area (Å²) in [6.07, 6.45) is 11.3. The van der Waals surface area contributed by atoms with E-state index in [1.54, 1.807) is 21.4 Å². The van der Waals surface area contributed by atoms with Gasteiger partial charge in [0.25, 0.3) is 0 Å². The van der Waals surface area contributed by atoms with E-state index in [4.69, 9.17) is 11.5 Å². The molecule has 1 fully saturated rings. The smallest absolute Gasteiger partial charge is 0.240 e. The summed E-state index contributed by atoms with van der Waals surface area (Å²) in [6, 6.07) is 5.58. The number of hydrogen-bond acceptors (Lipinski definition) is 6. The van der Waals surface area contributed by atoms with Crippen LogP contribution in [0.15, 0.2) is 36.8 Å². The summed E-state index contributed by atoms with van der Waals surface area (Å²) in [7, 11) is 0. The highest BCUT2D eigenvalue weighted by Gasteiger charge is 2.12. The van der Waals surface area contributed by atoms with Crippen molar-refractivity contribution in [1.29, 1.82) is 0 Å². The van der Waals surface area contributed by atoms with Gasteiger partial charge in [0.05, 0.1) is 11.9 Å². The second-order valence-corrected chi connectivity index (χ2v) is 5.74. The van der Waals surface area contributed by atoms with Crippen LogP contribution in [0.1, 0.15) is 25.7 Å². The molecule has 4 N–H and O–H groups in total. The predicted molar refractivity (Wildman–Crippen MR) is 92.3 cm³/mol. The van der Waals surface area contributed by atoms with Gasteiger partial charge in [0.2, 0.25) is 5.95 Å². The molecule has 1 saturated carbocycles. The maximum atomic E-state index is 5.94. The van der Waals surface area contributed by atoms with Crippen molar-refractivity contribution in [2.45, 2.75) is 25.7 Å². The molecular weight excluding hydrogens is 304 g/mol. The highest BCUT2D eigenvalue weighted by atomic mass is 15.3. The number of anilines is 2. The van der Waals surface area contributed by atoms with E-state index in [-0.39, 0.29) is 5.95 Å². The van der Waals surface area contributed by atoms with Crippen LogP contribution in [0.25, 0.3) is 22.4 Å². The molecule has 122 valence electrons. The molecule has 0 atom stereocenters. The average molecular weight is 322 g/mol. The normalized spacial score (nSPS) is 13.5. The second kappa shape index (κ2) is 5.80. The van der Waals surface area contributed by atoms with Crippen LogP contribution in [-0.4, -0.2) is 29.2 Å². The molecule has 5 rings (SSSR count). The molecule has 4 aromatic heterocycles. The van der Waals surface area contributed by atoms with Gasteiger partial charge in [-0.2, -0.15) is 10.1 Å². The van der Waals surface area contributed by atoms with Crippen molar-refractivity contribution in [3.63, 3.8) is 0 Å². The number of hydrogen-bond donors (Lipinski definition) is 2. The Bertz CT molecular complexity index is 992. The minimum absolute atomic E-state index is 0.136. The third-order valence-electron chi connectivity index (χ3n) is 4.09. The third kappa shape index (κ3) is 2.51. The van der Waals surface area contributed by atoms with Crippen molar-refractivity contribution in [3.05, 3.63) is 36.8 Å². The van der Waals surface area contributed by atoms with Gasteiger partial charge < -0.3 is 11.5 Å². The van der Waals surface area contributed by atoms with Gasteiger partial charge in [-0.15, -0.1) is 5.10 Å². The molecule has 1 aliphatic carbocycles. The lowest BCUT2D eigenvalue weighted by Gasteiger charge is -2.05. The van der Waals surface area contributed by atoms with Crippen molar-refractivity contribution in [2.75, 3.05) is 11.5 Å². The van der Waals surface area contributed by atoms with Crippen LogP contribution in [-0.2, 0) is 0 Å². The Morgan fingerprint density at radius 2 is 1.62 bits per heavy atom. The van der Waals surface area contributed by atoms with Crippen molar-refractivity contribution in [1.82, 2.24) is 29.2 Å². The van der Waals surface area contributed by atoms with E-state index in [9.17, 15) is 0 Å². The zero-order chi connectivity index (χ0) is 16.5. The van der Waals surface area contributed by atoms with E-state index < -0.39 is 0 Å². The van der Waals surface area contributed by atoms with Gasteiger partial charge in [0.15, 0.2) is 11.5 Å². The molecule has 4 heterocycles. The second-order valence-electron chi connectivity index (χ2n) is 5.74. The van der Waals surface area contributed by atoms with E-state index >= 15 is 0 Å². The van der Waals surface area contributed by atoms with Crippen LogP contribution in [0.2, 0.25) is 0 Å². The predicted octanol–water partition coefficient (Wildman–Crippen LogP) is 2.16. The van der Waals surface area contributed by atoms with Gasteiger partial charge in [-0.25, -0.2) is 14.0 Å². The van der Waals surface area contributed by atoms with Gasteiger partial charge in [0, 0.05) is 24.0 Å². The Kier molecular flexibility index (Phi) is 3.49. The molecule has 0 aromatic carbocycles. The molecular formula is C16H18N8. The van der Waals surface area contributed by atoms with Crippen LogP contribution in [0.4, 0.5) is 11.8 Å². The molecule has 0 spiro atoms. The summed E-state index contributed by atoms with van der Waals surface area (Å²) < 4.78 is 3.30. The summed E-state index contributed by atoms with van der Waals surface area (Å²) >= 11 is 0. The van der Waals surface area contributed by atoms with E-state index in [0.717, 1.165) is 16.9 Å². The topological polar surface area (TPSA) is 112 Å². The van der Waals surface area contributed by atoms with Crippen molar-refractivity contribution < 1.29 is 0 Å². The lowest BCUT2D eigenvalue weighted by atomic mass is 10.0. The summed E-state index contributed by atoms with van der Waals surface area (Å²) in [5, 5.41) is 8.21. The number of nitrogens with two attached hydrogens (primary N) is 2. The molecule has 4 aromatic rings. The van der Waals surface area contributed by atoms with E-state index in [1.165, 1.54) is 25.7 Å². The van der Waals surface area contributed by atoms with Crippen molar-refractivity contribution in [3.8, 4) is 11.3 Å². The standard InChI is InChI=1S/C12H10N8.C4H8/c13-11-10-7(2-5-20(10)18-12(14)17-11)8-3-6-19-9(16-8)1-4-15-19;1-2-4-3-1/h1-6H,(H4,13,14,17,18);1-4H2. The molecule has 0 aliphatic heterocycles. The Morgan fingerprint density at radius 3 is 2.38 bits per heavy atom. The van der Waals surface area contributed by atoms with E-state index in [0.29, 0.717) is 11.3 Å². The van der Waals surface area contributed by atoms with Gasteiger partial charge in [-0.1, -0.05) is 25.7 Å². The lowest BCUT2D eigenvalue weighted by Crippen LogP contribution is -2.05. The zero-order valence-corrected chi connectivity index (χ0v) is 13.1.